The third-order valence-electron chi connectivity index (χ3n) is 3.65. The summed E-state index contributed by atoms with van der Waals surface area (Å²) in [5.41, 5.74) is 2.25. The van der Waals surface area contributed by atoms with Crippen molar-refractivity contribution in [3.05, 3.63) is 64.7 Å². The Hall–Kier alpha value is -2.00. The van der Waals surface area contributed by atoms with Crippen LogP contribution in [-0.2, 0) is 17.8 Å². The van der Waals surface area contributed by atoms with E-state index in [4.69, 9.17) is 16.3 Å². The van der Waals surface area contributed by atoms with Crippen LogP contribution in [0.25, 0.3) is 0 Å². The molecule has 0 spiro atoms. The van der Waals surface area contributed by atoms with E-state index in [0.29, 0.717) is 18.0 Å². The lowest BCUT2D eigenvalue weighted by Gasteiger charge is -2.17. The van der Waals surface area contributed by atoms with Gasteiger partial charge in [0.05, 0.1) is 0 Å². The maximum absolute atomic E-state index is 12.3. The second-order valence-corrected chi connectivity index (χ2v) is 5.79. The molecule has 122 valence electrons. The minimum Gasteiger partial charge on any atom is -0.481 e. The molecule has 2 rings (SSSR count). The average Bonchev–Trinajstić information content (AvgIpc) is 2.59. The lowest BCUT2D eigenvalue weighted by atomic mass is 10.1. The highest BCUT2D eigenvalue weighted by molar-refractivity contribution is 6.30. The van der Waals surface area contributed by atoms with E-state index in [1.165, 1.54) is 5.56 Å². The average molecular weight is 332 g/mol. The highest BCUT2D eigenvalue weighted by atomic mass is 35.5. The zero-order valence-electron chi connectivity index (χ0n) is 13.5. The number of halogens is 1. The highest BCUT2D eigenvalue weighted by Crippen LogP contribution is 2.16. The molecule has 1 amide bonds. The summed E-state index contributed by atoms with van der Waals surface area (Å²) in [4.78, 5) is 12.3. The fourth-order valence-corrected chi connectivity index (χ4v) is 2.32. The van der Waals surface area contributed by atoms with Gasteiger partial charge in [0.25, 0.3) is 5.91 Å². The third kappa shape index (κ3) is 5.29. The Morgan fingerprint density at radius 3 is 2.22 bits per heavy atom. The smallest absolute Gasteiger partial charge is 0.261 e. The zero-order chi connectivity index (χ0) is 16.7. The molecule has 0 heterocycles. The van der Waals surface area contributed by atoms with E-state index in [9.17, 15) is 4.79 Å². The SMILES string of the molecule is CCc1ccc(OC(CC)C(=O)NCc2ccc(Cl)cc2)cc1. The van der Waals surface area contributed by atoms with E-state index < -0.39 is 6.10 Å². The summed E-state index contributed by atoms with van der Waals surface area (Å²) in [5.74, 6) is 0.609. The van der Waals surface area contributed by atoms with Crippen LogP contribution in [0.3, 0.4) is 0 Å². The van der Waals surface area contributed by atoms with Gasteiger partial charge in [-0.05, 0) is 48.2 Å². The van der Waals surface area contributed by atoms with Crippen molar-refractivity contribution in [2.75, 3.05) is 0 Å². The number of ether oxygens (including phenoxy) is 1. The Balaban J connectivity index is 1.90. The van der Waals surface area contributed by atoms with Crippen LogP contribution in [0.15, 0.2) is 48.5 Å². The number of benzene rings is 2. The molecular weight excluding hydrogens is 310 g/mol. The maximum atomic E-state index is 12.3. The van der Waals surface area contributed by atoms with E-state index in [2.05, 4.69) is 12.2 Å². The van der Waals surface area contributed by atoms with E-state index in [1.807, 2.05) is 55.5 Å². The number of aryl methyl sites for hydroxylation is 1. The van der Waals surface area contributed by atoms with Crippen molar-refractivity contribution in [3.8, 4) is 5.75 Å². The topological polar surface area (TPSA) is 38.3 Å². The zero-order valence-corrected chi connectivity index (χ0v) is 14.3. The third-order valence-corrected chi connectivity index (χ3v) is 3.91. The molecule has 1 N–H and O–H groups in total. The normalized spacial score (nSPS) is 11.8. The standard InChI is InChI=1S/C19H22ClNO2/c1-3-14-7-11-17(12-8-14)23-18(4-2)19(22)21-13-15-5-9-16(20)10-6-15/h5-12,18H,3-4,13H2,1-2H3,(H,21,22). The first-order valence-corrected chi connectivity index (χ1v) is 8.28. The summed E-state index contributed by atoms with van der Waals surface area (Å²) < 4.78 is 5.80. The van der Waals surface area contributed by atoms with Crippen LogP contribution in [0, 0.1) is 0 Å². The van der Waals surface area contributed by atoms with Gasteiger partial charge in [-0.1, -0.05) is 49.7 Å². The summed E-state index contributed by atoms with van der Waals surface area (Å²) in [5, 5.41) is 3.59. The van der Waals surface area contributed by atoms with Crippen LogP contribution in [0.4, 0.5) is 0 Å². The van der Waals surface area contributed by atoms with Crippen molar-refractivity contribution in [1.82, 2.24) is 5.32 Å². The van der Waals surface area contributed by atoms with Crippen molar-refractivity contribution in [2.24, 2.45) is 0 Å². The van der Waals surface area contributed by atoms with Gasteiger partial charge < -0.3 is 10.1 Å². The van der Waals surface area contributed by atoms with Crippen LogP contribution >= 0.6 is 11.6 Å². The molecule has 0 radical (unpaired) electrons. The number of amides is 1. The summed E-state index contributed by atoms with van der Waals surface area (Å²) in [7, 11) is 0. The number of nitrogens with one attached hydrogen (secondary N) is 1. The van der Waals surface area contributed by atoms with Crippen LogP contribution in [-0.4, -0.2) is 12.0 Å². The summed E-state index contributed by atoms with van der Waals surface area (Å²) >= 11 is 5.85. The molecule has 3 nitrogen and oxygen atoms in total. The van der Waals surface area contributed by atoms with Crippen molar-refractivity contribution in [1.29, 1.82) is 0 Å². The monoisotopic (exact) mass is 331 g/mol. The maximum Gasteiger partial charge on any atom is 0.261 e. The number of hydrogen-bond donors (Lipinski definition) is 1. The van der Waals surface area contributed by atoms with Crippen LogP contribution in [0.5, 0.6) is 5.75 Å². The lowest BCUT2D eigenvalue weighted by Crippen LogP contribution is -2.37. The van der Waals surface area contributed by atoms with Crippen molar-refractivity contribution >= 4 is 17.5 Å². The number of rotatable bonds is 7. The molecule has 1 unspecified atom stereocenters. The van der Waals surface area contributed by atoms with Gasteiger partial charge in [-0.15, -0.1) is 0 Å². The fourth-order valence-electron chi connectivity index (χ4n) is 2.20. The molecule has 23 heavy (non-hydrogen) atoms. The van der Waals surface area contributed by atoms with E-state index >= 15 is 0 Å². The second kappa shape index (κ2) is 8.59. The highest BCUT2D eigenvalue weighted by Gasteiger charge is 2.17. The van der Waals surface area contributed by atoms with E-state index in [-0.39, 0.29) is 5.91 Å². The van der Waals surface area contributed by atoms with Crippen molar-refractivity contribution in [3.63, 3.8) is 0 Å². The van der Waals surface area contributed by atoms with Crippen LogP contribution < -0.4 is 10.1 Å². The van der Waals surface area contributed by atoms with E-state index in [0.717, 1.165) is 17.7 Å². The quantitative estimate of drug-likeness (QED) is 0.817. The first-order chi connectivity index (χ1) is 11.1. The second-order valence-electron chi connectivity index (χ2n) is 5.36. The van der Waals surface area contributed by atoms with Gasteiger partial charge in [-0.3, -0.25) is 4.79 Å². The molecule has 0 aliphatic rings. The van der Waals surface area contributed by atoms with Gasteiger partial charge in [-0.2, -0.15) is 0 Å². The molecule has 2 aromatic carbocycles. The number of carbonyl (C=O) groups excluding carboxylic acids is 1. The van der Waals surface area contributed by atoms with Gasteiger partial charge in [0.1, 0.15) is 5.75 Å². The van der Waals surface area contributed by atoms with Crippen molar-refractivity contribution < 1.29 is 9.53 Å². The van der Waals surface area contributed by atoms with Gasteiger partial charge in [0, 0.05) is 11.6 Å². The minimum atomic E-state index is -0.491. The Morgan fingerprint density at radius 1 is 1.04 bits per heavy atom. The lowest BCUT2D eigenvalue weighted by molar-refractivity contribution is -0.128. The molecule has 0 bridgehead atoms. The number of hydrogen-bond acceptors (Lipinski definition) is 2. The molecule has 1 atom stereocenters. The van der Waals surface area contributed by atoms with Gasteiger partial charge in [-0.25, -0.2) is 0 Å². The predicted molar refractivity (Wildman–Crippen MR) is 93.8 cm³/mol. The molecule has 0 saturated heterocycles. The first kappa shape index (κ1) is 17.4. The predicted octanol–water partition coefficient (Wildman–Crippen LogP) is 4.38. The Bertz CT molecular complexity index is 623. The van der Waals surface area contributed by atoms with Crippen molar-refractivity contribution in [2.45, 2.75) is 39.3 Å². The minimum absolute atomic E-state index is 0.109. The molecular formula is C19H22ClNO2. The molecule has 0 aliphatic carbocycles. The van der Waals surface area contributed by atoms with E-state index in [1.54, 1.807) is 0 Å². The summed E-state index contributed by atoms with van der Waals surface area (Å²) in [6, 6.07) is 15.3. The molecule has 2 aromatic rings. The summed E-state index contributed by atoms with van der Waals surface area (Å²) in [6.45, 7) is 4.51. The molecule has 4 heteroatoms. The summed E-state index contributed by atoms with van der Waals surface area (Å²) in [6.07, 6.45) is 1.11. The Morgan fingerprint density at radius 2 is 1.65 bits per heavy atom. The Labute approximate surface area is 142 Å². The van der Waals surface area contributed by atoms with Gasteiger partial charge in [0.15, 0.2) is 6.10 Å². The Kier molecular flexibility index (Phi) is 6.48. The molecule has 0 saturated carbocycles. The number of carbonyl (C=O) groups is 1. The van der Waals surface area contributed by atoms with Crippen LogP contribution in [0.1, 0.15) is 31.4 Å². The molecule has 0 fully saturated rings. The van der Waals surface area contributed by atoms with Gasteiger partial charge >= 0.3 is 0 Å². The van der Waals surface area contributed by atoms with Crippen LogP contribution in [0.2, 0.25) is 5.02 Å². The molecule has 0 aliphatic heterocycles. The fraction of sp³-hybridized carbons (Fsp3) is 0.316. The molecule has 0 aromatic heterocycles. The first-order valence-electron chi connectivity index (χ1n) is 7.90. The van der Waals surface area contributed by atoms with Gasteiger partial charge in [0.2, 0.25) is 0 Å². The largest absolute Gasteiger partial charge is 0.481 e.